The highest BCUT2D eigenvalue weighted by Gasteiger charge is 2.24. The third-order valence-electron chi connectivity index (χ3n) is 2.51. The predicted octanol–water partition coefficient (Wildman–Crippen LogP) is 1.18. The Bertz CT molecular complexity index is 713. The molecule has 1 heterocycles. The van der Waals surface area contributed by atoms with E-state index in [-0.39, 0.29) is 12.1 Å². The molecule has 0 unspecified atom stereocenters. The molecule has 2 aromatic rings. The van der Waals surface area contributed by atoms with Crippen LogP contribution in [0.25, 0.3) is 0 Å². The van der Waals surface area contributed by atoms with E-state index in [2.05, 4.69) is 14.9 Å². The Hall–Kier alpha value is -1.84. The van der Waals surface area contributed by atoms with Crippen molar-refractivity contribution in [1.29, 1.82) is 0 Å². The Morgan fingerprint density at radius 2 is 2.05 bits per heavy atom. The summed E-state index contributed by atoms with van der Waals surface area (Å²) in [7, 11) is -3.91. The summed E-state index contributed by atoms with van der Waals surface area (Å²) < 4.78 is 26.3. The molecule has 0 saturated heterocycles. The highest BCUT2D eigenvalue weighted by atomic mass is 32.2. The van der Waals surface area contributed by atoms with E-state index in [1.54, 1.807) is 0 Å². The Kier molecular flexibility index (Phi) is 4.99. The maximum absolute atomic E-state index is 12.0. The van der Waals surface area contributed by atoms with E-state index in [0.29, 0.717) is 5.75 Å². The standard InChI is InChI=1S/C12H13N3O4S2/c16-12(17)10-8-13-15-11(10)21(18,19)14-6-7-20-9-4-2-1-3-5-9/h1-5,8,14H,6-7H2,(H,13,15)(H,16,17). The number of carboxylic acid groups (broad SMARTS) is 1. The molecule has 0 saturated carbocycles. The number of nitrogens with one attached hydrogen (secondary N) is 2. The Morgan fingerprint density at radius 3 is 2.71 bits per heavy atom. The molecule has 0 aliphatic carbocycles. The number of aromatic nitrogens is 2. The molecule has 112 valence electrons. The summed E-state index contributed by atoms with van der Waals surface area (Å²) in [5, 5.41) is 14.1. The van der Waals surface area contributed by atoms with Crippen molar-refractivity contribution in [2.24, 2.45) is 0 Å². The van der Waals surface area contributed by atoms with Crippen LogP contribution in [-0.4, -0.2) is 42.0 Å². The first-order chi connectivity index (χ1) is 10.0. The molecule has 0 spiro atoms. The highest BCUT2D eigenvalue weighted by molar-refractivity contribution is 7.99. The van der Waals surface area contributed by atoms with Crippen LogP contribution in [0.5, 0.6) is 0 Å². The van der Waals surface area contributed by atoms with Gasteiger partial charge in [0.1, 0.15) is 5.56 Å². The van der Waals surface area contributed by atoms with Crippen LogP contribution >= 0.6 is 11.8 Å². The molecule has 0 amide bonds. The molecule has 3 N–H and O–H groups in total. The van der Waals surface area contributed by atoms with Crippen LogP contribution in [0.4, 0.5) is 0 Å². The lowest BCUT2D eigenvalue weighted by Crippen LogP contribution is -2.27. The first-order valence-corrected chi connectivity index (χ1v) is 8.42. The first kappa shape index (κ1) is 15.5. The lowest BCUT2D eigenvalue weighted by Gasteiger charge is -2.05. The van der Waals surface area contributed by atoms with Crippen LogP contribution in [-0.2, 0) is 10.0 Å². The van der Waals surface area contributed by atoms with Gasteiger partial charge in [-0.3, -0.25) is 5.10 Å². The van der Waals surface area contributed by atoms with Gasteiger partial charge >= 0.3 is 5.97 Å². The number of H-pyrrole nitrogens is 1. The summed E-state index contributed by atoms with van der Waals surface area (Å²) in [6.07, 6.45) is 0.968. The summed E-state index contributed by atoms with van der Waals surface area (Å²) in [4.78, 5) is 11.9. The van der Waals surface area contributed by atoms with Gasteiger partial charge in [0.15, 0.2) is 5.03 Å². The fourth-order valence-electron chi connectivity index (χ4n) is 1.57. The highest BCUT2D eigenvalue weighted by Crippen LogP contribution is 2.16. The zero-order valence-corrected chi connectivity index (χ0v) is 12.4. The average molecular weight is 327 g/mol. The van der Waals surface area contributed by atoms with Gasteiger partial charge in [0.05, 0.1) is 6.20 Å². The van der Waals surface area contributed by atoms with Crippen LogP contribution in [0.3, 0.4) is 0 Å². The van der Waals surface area contributed by atoms with Crippen molar-refractivity contribution in [3.63, 3.8) is 0 Å². The second-order valence-electron chi connectivity index (χ2n) is 3.98. The molecule has 9 heteroatoms. The van der Waals surface area contributed by atoms with Crippen LogP contribution in [0.15, 0.2) is 46.5 Å². The largest absolute Gasteiger partial charge is 0.478 e. The van der Waals surface area contributed by atoms with Gasteiger partial charge in [-0.15, -0.1) is 11.8 Å². The quantitative estimate of drug-likeness (QED) is 0.520. The van der Waals surface area contributed by atoms with E-state index in [9.17, 15) is 13.2 Å². The third-order valence-corrected chi connectivity index (χ3v) is 4.96. The van der Waals surface area contributed by atoms with Gasteiger partial charge in [0, 0.05) is 17.2 Å². The monoisotopic (exact) mass is 327 g/mol. The van der Waals surface area contributed by atoms with Crippen LogP contribution in [0.1, 0.15) is 10.4 Å². The van der Waals surface area contributed by atoms with Gasteiger partial charge in [-0.1, -0.05) is 18.2 Å². The van der Waals surface area contributed by atoms with Crippen LogP contribution in [0, 0.1) is 0 Å². The molecule has 1 aromatic carbocycles. The van der Waals surface area contributed by atoms with Gasteiger partial charge in [0.2, 0.25) is 0 Å². The fraction of sp³-hybridized carbons (Fsp3) is 0.167. The third kappa shape index (κ3) is 4.06. The number of hydrogen-bond acceptors (Lipinski definition) is 5. The number of benzene rings is 1. The Morgan fingerprint density at radius 1 is 1.33 bits per heavy atom. The van der Waals surface area contributed by atoms with Crippen LogP contribution in [0.2, 0.25) is 0 Å². The molecule has 0 aliphatic rings. The van der Waals surface area contributed by atoms with E-state index in [1.807, 2.05) is 30.3 Å². The van der Waals surface area contributed by atoms with Gasteiger partial charge in [-0.05, 0) is 12.1 Å². The van der Waals surface area contributed by atoms with E-state index in [1.165, 1.54) is 11.8 Å². The second kappa shape index (κ2) is 6.74. The molecule has 1 aromatic heterocycles. The molecular weight excluding hydrogens is 314 g/mol. The normalized spacial score (nSPS) is 11.4. The number of hydrogen-bond donors (Lipinski definition) is 3. The maximum atomic E-state index is 12.0. The van der Waals surface area contributed by atoms with Crippen molar-refractivity contribution >= 4 is 27.8 Å². The van der Waals surface area contributed by atoms with E-state index in [0.717, 1.165) is 11.1 Å². The molecular formula is C12H13N3O4S2. The van der Waals surface area contributed by atoms with Crippen molar-refractivity contribution in [2.75, 3.05) is 12.3 Å². The fourth-order valence-corrected chi connectivity index (χ4v) is 3.60. The smallest absolute Gasteiger partial charge is 0.340 e. The maximum Gasteiger partial charge on any atom is 0.340 e. The lowest BCUT2D eigenvalue weighted by molar-refractivity contribution is 0.0692. The summed E-state index contributed by atoms with van der Waals surface area (Å²) >= 11 is 1.50. The van der Waals surface area contributed by atoms with Crippen molar-refractivity contribution in [2.45, 2.75) is 9.92 Å². The molecule has 0 atom stereocenters. The second-order valence-corrected chi connectivity index (χ2v) is 6.85. The van der Waals surface area contributed by atoms with Gasteiger partial charge in [0.25, 0.3) is 10.0 Å². The number of nitrogens with zero attached hydrogens (tertiary/aromatic N) is 1. The van der Waals surface area contributed by atoms with Crippen LogP contribution < -0.4 is 4.72 Å². The Labute approximate surface area is 125 Å². The van der Waals surface area contributed by atoms with Crippen molar-refractivity contribution in [3.05, 3.63) is 42.1 Å². The number of aromatic carboxylic acids is 1. The zero-order valence-electron chi connectivity index (χ0n) is 10.8. The summed E-state index contributed by atoms with van der Waals surface area (Å²) in [5.41, 5.74) is -0.377. The molecule has 0 bridgehead atoms. The number of carbonyl (C=O) groups is 1. The number of carboxylic acids is 1. The SMILES string of the molecule is O=C(O)c1cn[nH]c1S(=O)(=O)NCCSc1ccccc1. The predicted molar refractivity (Wildman–Crippen MR) is 77.9 cm³/mol. The number of sulfonamides is 1. The number of rotatable bonds is 7. The first-order valence-electron chi connectivity index (χ1n) is 5.95. The molecule has 0 radical (unpaired) electrons. The Balaban J connectivity index is 1.93. The van der Waals surface area contributed by atoms with Gasteiger partial charge in [-0.25, -0.2) is 17.9 Å². The van der Waals surface area contributed by atoms with E-state index < -0.39 is 21.0 Å². The minimum absolute atomic E-state index is 0.181. The molecule has 7 nitrogen and oxygen atoms in total. The summed E-state index contributed by atoms with van der Waals surface area (Å²) in [6, 6.07) is 9.55. The molecule has 0 fully saturated rings. The number of aromatic amines is 1. The number of thioether (sulfide) groups is 1. The van der Waals surface area contributed by atoms with E-state index >= 15 is 0 Å². The van der Waals surface area contributed by atoms with E-state index in [4.69, 9.17) is 5.11 Å². The van der Waals surface area contributed by atoms with Gasteiger partial charge in [-0.2, -0.15) is 5.10 Å². The van der Waals surface area contributed by atoms with Crippen molar-refractivity contribution in [1.82, 2.24) is 14.9 Å². The van der Waals surface area contributed by atoms with Crippen molar-refractivity contribution < 1.29 is 18.3 Å². The summed E-state index contributed by atoms with van der Waals surface area (Å²) in [6.45, 7) is 0.181. The molecule has 0 aliphatic heterocycles. The lowest BCUT2D eigenvalue weighted by atomic mass is 10.4. The molecule has 2 rings (SSSR count). The topological polar surface area (TPSA) is 112 Å². The summed E-state index contributed by atoms with van der Waals surface area (Å²) in [5.74, 6) is -0.817. The minimum Gasteiger partial charge on any atom is -0.478 e. The molecule has 21 heavy (non-hydrogen) atoms. The zero-order chi connectivity index (χ0) is 15.3. The van der Waals surface area contributed by atoms with Crippen molar-refractivity contribution in [3.8, 4) is 0 Å². The average Bonchev–Trinajstić information content (AvgIpc) is 2.95. The minimum atomic E-state index is -3.91. The van der Waals surface area contributed by atoms with Gasteiger partial charge < -0.3 is 5.11 Å².